The smallest absolute Gasteiger partial charge is 0.0713 e. The molecule has 1 aliphatic heterocycles. The fraction of sp³-hybridized carbons (Fsp3) is 1.00. The van der Waals surface area contributed by atoms with Crippen LogP contribution in [-0.4, -0.2) is 36.2 Å². The van der Waals surface area contributed by atoms with Crippen molar-refractivity contribution in [2.75, 3.05) is 13.7 Å². The highest BCUT2D eigenvalue weighted by molar-refractivity contribution is 4.90. The maximum atomic E-state index is 5.37. The summed E-state index contributed by atoms with van der Waals surface area (Å²) in [7, 11) is 1.81. The lowest BCUT2D eigenvalue weighted by Crippen LogP contribution is -2.43. The van der Waals surface area contributed by atoms with Gasteiger partial charge in [0.05, 0.1) is 6.10 Å². The summed E-state index contributed by atoms with van der Waals surface area (Å²) in [5, 5.41) is 0. The van der Waals surface area contributed by atoms with Crippen molar-refractivity contribution in [1.29, 1.82) is 0 Å². The molecule has 1 rings (SSSR count). The minimum Gasteiger partial charge on any atom is -0.380 e. The average Bonchev–Trinajstić information content (AvgIpc) is 2.29. The van der Waals surface area contributed by atoms with E-state index in [-0.39, 0.29) is 5.54 Å². The summed E-state index contributed by atoms with van der Waals surface area (Å²) in [4.78, 5) is 2.52. The van der Waals surface area contributed by atoms with Crippen molar-refractivity contribution >= 4 is 0 Å². The number of hydrogen-bond acceptors (Lipinski definition) is 2. The second-order valence-corrected chi connectivity index (χ2v) is 4.77. The lowest BCUT2D eigenvalue weighted by molar-refractivity contribution is 0.0832. The van der Waals surface area contributed by atoms with Crippen LogP contribution in [0.25, 0.3) is 0 Å². The summed E-state index contributed by atoms with van der Waals surface area (Å²) < 4.78 is 5.37. The van der Waals surface area contributed by atoms with E-state index in [4.69, 9.17) is 4.74 Å². The van der Waals surface area contributed by atoms with E-state index in [0.29, 0.717) is 12.1 Å². The van der Waals surface area contributed by atoms with Crippen molar-refractivity contribution in [3.8, 4) is 0 Å². The van der Waals surface area contributed by atoms with Gasteiger partial charge in [-0.15, -0.1) is 0 Å². The zero-order valence-electron chi connectivity index (χ0n) is 8.92. The largest absolute Gasteiger partial charge is 0.380 e. The first-order chi connectivity index (χ1) is 5.45. The van der Waals surface area contributed by atoms with Crippen molar-refractivity contribution in [3.63, 3.8) is 0 Å². The quantitative estimate of drug-likeness (QED) is 0.597. The Hall–Kier alpha value is -0.0800. The summed E-state index contributed by atoms with van der Waals surface area (Å²) in [5.74, 6) is 0. The lowest BCUT2D eigenvalue weighted by Gasteiger charge is -2.35. The molecule has 1 saturated heterocycles. The van der Waals surface area contributed by atoms with E-state index in [1.807, 2.05) is 7.11 Å². The van der Waals surface area contributed by atoms with Gasteiger partial charge in [-0.1, -0.05) is 0 Å². The second-order valence-electron chi connectivity index (χ2n) is 4.77. The number of methoxy groups -OCH3 is 1. The van der Waals surface area contributed by atoms with Crippen LogP contribution in [0.5, 0.6) is 0 Å². The number of hydrogen-bond donors (Lipinski definition) is 0. The Morgan fingerprint density at radius 2 is 1.92 bits per heavy atom. The van der Waals surface area contributed by atoms with Gasteiger partial charge in [0.2, 0.25) is 0 Å². The average molecular weight is 171 g/mol. The lowest BCUT2D eigenvalue weighted by atomic mass is 10.1. The van der Waals surface area contributed by atoms with Crippen molar-refractivity contribution in [3.05, 3.63) is 0 Å². The molecule has 0 saturated carbocycles. The van der Waals surface area contributed by atoms with Crippen LogP contribution in [-0.2, 0) is 4.74 Å². The first kappa shape index (κ1) is 10.0. The molecule has 1 fully saturated rings. The molecule has 0 radical (unpaired) electrons. The van der Waals surface area contributed by atoms with Crippen molar-refractivity contribution in [2.24, 2.45) is 0 Å². The molecule has 0 amide bonds. The molecule has 2 atom stereocenters. The summed E-state index contributed by atoms with van der Waals surface area (Å²) in [6.45, 7) is 10.2. The Bertz CT molecular complexity index is 150. The van der Waals surface area contributed by atoms with Crippen molar-refractivity contribution < 1.29 is 4.74 Å². The van der Waals surface area contributed by atoms with Crippen LogP contribution >= 0.6 is 0 Å². The van der Waals surface area contributed by atoms with Crippen LogP contribution in [0.2, 0.25) is 0 Å². The highest BCUT2D eigenvalue weighted by atomic mass is 16.5. The van der Waals surface area contributed by atoms with Gasteiger partial charge in [-0.3, -0.25) is 4.90 Å². The maximum Gasteiger partial charge on any atom is 0.0713 e. The molecule has 0 aliphatic carbocycles. The van der Waals surface area contributed by atoms with Gasteiger partial charge in [-0.2, -0.15) is 0 Å². The van der Waals surface area contributed by atoms with E-state index in [1.54, 1.807) is 0 Å². The number of nitrogens with zero attached hydrogens (tertiary/aromatic N) is 1. The summed E-state index contributed by atoms with van der Waals surface area (Å²) in [5.41, 5.74) is 0.284. The molecule has 12 heavy (non-hydrogen) atoms. The molecule has 1 aliphatic rings. The third-order valence-corrected chi connectivity index (χ3v) is 2.73. The third kappa shape index (κ3) is 1.99. The Morgan fingerprint density at radius 3 is 2.17 bits per heavy atom. The molecular weight excluding hydrogens is 150 g/mol. The highest BCUT2D eigenvalue weighted by Gasteiger charge is 2.35. The van der Waals surface area contributed by atoms with Crippen LogP contribution in [0.4, 0.5) is 0 Å². The van der Waals surface area contributed by atoms with Crippen molar-refractivity contribution in [1.82, 2.24) is 4.90 Å². The second kappa shape index (κ2) is 3.35. The van der Waals surface area contributed by atoms with Gasteiger partial charge >= 0.3 is 0 Å². The van der Waals surface area contributed by atoms with Gasteiger partial charge in [-0.25, -0.2) is 0 Å². The van der Waals surface area contributed by atoms with E-state index in [1.165, 1.54) is 6.42 Å². The minimum atomic E-state index is 0.284. The maximum absolute atomic E-state index is 5.37. The fourth-order valence-corrected chi connectivity index (χ4v) is 2.09. The predicted molar refractivity (Wildman–Crippen MR) is 51.3 cm³/mol. The van der Waals surface area contributed by atoms with E-state index in [2.05, 4.69) is 32.6 Å². The fourth-order valence-electron chi connectivity index (χ4n) is 2.09. The normalized spacial score (nSPS) is 32.8. The monoisotopic (exact) mass is 171 g/mol. The number of ether oxygens (including phenoxy) is 1. The zero-order valence-corrected chi connectivity index (χ0v) is 8.92. The van der Waals surface area contributed by atoms with Gasteiger partial charge in [0.15, 0.2) is 0 Å². The molecule has 0 spiro atoms. The van der Waals surface area contributed by atoms with Crippen LogP contribution in [0, 0.1) is 0 Å². The SMILES string of the molecule is COC1CC(C)N(C(C)(C)C)C1. The highest BCUT2D eigenvalue weighted by Crippen LogP contribution is 2.27. The Balaban J connectivity index is 2.58. The summed E-state index contributed by atoms with van der Waals surface area (Å²) in [6.07, 6.45) is 1.62. The molecule has 2 nitrogen and oxygen atoms in total. The van der Waals surface area contributed by atoms with Gasteiger partial charge in [-0.05, 0) is 34.1 Å². The number of likely N-dealkylation sites (tertiary alicyclic amines) is 1. The minimum absolute atomic E-state index is 0.284. The molecule has 2 unspecified atom stereocenters. The van der Waals surface area contributed by atoms with Gasteiger partial charge in [0.1, 0.15) is 0 Å². The van der Waals surface area contributed by atoms with Crippen molar-refractivity contribution in [2.45, 2.75) is 51.8 Å². The first-order valence-electron chi connectivity index (χ1n) is 4.74. The molecule has 2 heteroatoms. The van der Waals surface area contributed by atoms with Crippen LogP contribution < -0.4 is 0 Å². The number of rotatable bonds is 1. The molecule has 0 aromatic rings. The molecule has 72 valence electrons. The third-order valence-electron chi connectivity index (χ3n) is 2.73. The standard InChI is InChI=1S/C10H21NO/c1-8-6-9(12-5)7-11(8)10(2,3)4/h8-9H,6-7H2,1-5H3. The Kier molecular flexibility index (Phi) is 2.79. The van der Waals surface area contributed by atoms with Crippen LogP contribution in [0.3, 0.4) is 0 Å². The van der Waals surface area contributed by atoms with Crippen LogP contribution in [0.1, 0.15) is 34.1 Å². The summed E-state index contributed by atoms with van der Waals surface area (Å²) >= 11 is 0. The molecule has 1 heterocycles. The van der Waals surface area contributed by atoms with Gasteiger partial charge in [0, 0.05) is 25.2 Å². The van der Waals surface area contributed by atoms with E-state index in [9.17, 15) is 0 Å². The predicted octanol–water partition coefficient (Wildman–Crippen LogP) is 1.89. The topological polar surface area (TPSA) is 12.5 Å². The van der Waals surface area contributed by atoms with E-state index in [0.717, 1.165) is 6.54 Å². The van der Waals surface area contributed by atoms with E-state index < -0.39 is 0 Å². The van der Waals surface area contributed by atoms with Crippen LogP contribution in [0.15, 0.2) is 0 Å². The van der Waals surface area contributed by atoms with Gasteiger partial charge in [0.25, 0.3) is 0 Å². The Labute approximate surface area is 75.9 Å². The van der Waals surface area contributed by atoms with Gasteiger partial charge < -0.3 is 4.74 Å². The first-order valence-corrected chi connectivity index (χ1v) is 4.74. The molecular formula is C10H21NO. The zero-order chi connectivity index (χ0) is 9.35. The summed E-state index contributed by atoms with van der Waals surface area (Å²) in [6, 6.07) is 0.662. The molecule has 0 aromatic heterocycles. The molecule has 0 N–H and O–H groups in total. The Morgan fingerprint density at radius 1 is 1.33 bits per heavy atom. The van der Waals surface area contributed by atoms with E-state index >= 15 is 0 Å². The molecule has 0 aromatic carbocycles. The molecule has 0 bridgehead atoms.